The summed E-state index contributed by atoms with van der Waals surface area (Å²) in [6, 6.07) is 76.4. The van der Waals surface area contributed by atoms with Gasteiger partial charge in [0.05, 0.1) is 11.2 Å². The molecule has 0 bridgehead atoms. The second-order valence-electron chi connectivity index (χ2n) is 15.1. The maximum Gasteiger partial charge on any atom is 0.164 e. The molecule has 0 aliphatic carbocycles. The highest BCUT2D eigenvalue weighted by molar-refractivity contribution is 6.14. The molecule has 280 valence electrons. The van der Waals surface area contributed by atoms with Crippen molar-refractivity contribution in [2.75, 3.05) is 0 Å². The molecule has 4 heteroatoms. The minimum atomic E-state index is 0.623. The molecule has 0 radical (unpaired) electrons. The summed E-state index contributed by atoms with van der Waals surface area (Å²) < 4.78 is 0. The summed E-state index contributed by atoms with van der Waals surface area (Å²) in [5.41, 5.74) is 12.7. The fourth-order valence-electron chi connectivity index (χ4n) is 8.14. The normalized spacial score (nSPS) is 11.3. The quantitative estimate of drug-likeness (QED) is 0.120. The lowest BCUT2D eigenvalue weighted by Gasteiger charge is -2.12. The van der Waals surface area contributed by atoms with E-state index in [-0.39, 0.29) is 0 Å². The van der Waals surface area contributed by atoms with Crippen LogP contribution in [0, 0.1) is 0 Å². The summed E-state index contributed by atoms with van der Waals surface area (Å²) in [4.78, 5) is 20.4. The van der Waals surface area contributed by atoms with Gasteiger partial charge in [-0.05, 0) is 61.7 Å². The number of hydrogen-bond donors (Lipinski definition) is 0. The number of rotatable bonds is 7. The number of pyridine rings is 1. The van der Waals surface area contributed by atoms with Gasteiger partial charge in [0.15, 0.2) is 17.5 Å². The first kappa shape index (κ1) is 35.1. The second-order valence-corrected chi connectivity index (χ2v) is 15.1. The molecule has 60 heavy (non-hydrogen) atoms. The Morgan fingerprint density at radius 3 is 1.00 bits per heavy atom. The highest BCUT2D eigenvalue weighted by atomic mass is 15.0. The topological polar surface area (TPSA) is 51.6 Å². The van der Waals surface area contributed by atoms with Crippen molar-refractivity contribution in [1.82, 2.24) is 19.9 Å². The van der Waals surface area contributed by atoms with Crippen LogP contribution >= 0.6 is 0 Å². The molecule has 2 heterocycles. The summed E-state index contributed by atoms with van der Waals surface area (Å²) >= 11 is 0. The largest absolute Gasteiger partial charge is 0.247 e. The van der Waals surface area contributed by atoms with E-state index in [0.29, 0.717) is 17.5 Å². The van der Waals surface area contributed by atoms with E-state index in [4.69, 9.17) is 19.9 Å². The van der Waals surface area contributed by atoms with Crippen LogP contribution in [0.2, 0.25) is 0 Å². The van der Waals surface area contributed by atoms with Gasteiger partial charge in [-0.3, -0.25) is 0 Å². The molecule has 0 fully saturated rings. The Hall–Kier alpha value is -8.08. The molecule has 11 rings (SSSR count). The number of hydrogen-bond acceptors (Lipinski definition) is 4. The lowest BCUT2D eigenvalue weighted by molar-refractivity contribution is 1.07. The Bertz CT molecular complexity index is 3210. The standard InChI is InChI=1S/C56H36N4/c1-3-11-37(12-4-1)39-21-29-44(30-22-39)54-58-55(45-31-23-40(24-32-45)38-13-5-2-6-14-38)60-56(59-54)46-33-25-42(26-34-46)41-19-27-43(28-20-41)53-50-18-10-9-17-49(50)51-35-47-15-7-8-16-48(47)36-52(51)57-53/h1-36H. The molecule has 0 unspecified atom stereocenters. The lowest BCUT2D eigenvalue weighted by Crippen LogP contribution is -2.00. The molecule has 0 aliphatic heterocycles. The summed E-state index contributed by atoms with van der Waals surface area (Å²) in [5, 5.41) is 5.94. The van der Waals surface area contributed by atoms with Crippen molar-refractivity contribution in [1.29, 1.82) is 0 Å². The molecule has 2 aromatic heterocycles. The van der Waals surface area contributed by atoms with Crippen molar-refractivity contribution in [2.45, 2.75) is 0 Å². The monoisotopic (exact) mass is 764 g/mol. The molecular formula is C56H36N4. The third kappa shape index (κ3) is 6.66. The van der Waals surface area contributed by atoms with Gasteiger partial charge in [-0.1, -0.05) is 206 Å². The summed E-state index contributed by atoms with van der Waals surface area (Å²) in [6.07, 6.45) is 0. The maximum absolute atomic E-state index is 5.25. The van der Waals surface area contributed by atoms with Crippen LogP contribution in [-0.2, 0) is 0 Å². The van der Waals surface area contributed by atoms with E-state index in [2.05, 4.69) is 206 Å². The molecule has 0 N–H and O–H groups in total. The molecule has 0 saturated heterocycles. The Morgan fingerprint density at radius 1 is 0.217 bits per heavy atom. The predicted molar refractivity (Wildman–Crippen MR) is 248 cm³/mol. The van der Waals surface area contributed by atoms with Crippen molar-refractivity contribution < 1.29 is 0 Å². The van der Waals surface area contributed by atoms with Crippen LogP contribution < -0.4 is 0 Å². The first-order valence-corrected chi connectivity index (χ1v) is 20.2. The minimum Gasteiger partial charge on any atom is -0.247 e. The van der Waals surface area contributed by atoms with Crippen molar-refractivity contribution in [3.05, 3.63) is 218 Å². The van der Waals surface area contributed by atoms with Crippen LogP contribution in [0.25, 0.3) is 111 Å². The third-order valence-corrected chi connectivity index (χ3v) is 11.3. The van der Waals surface area contributed by atoms with E-state index in [1.54, 1.807) is 0 Å². The second kappa shape index (κ2) is 15.0. The molecule has 9 aromatic carbocycles. The zero-order valence-corrected chi connectivity index (χ0v) is 32.6. The van der Waals surface area contributed by atoms with Crippen LogP contribution in [-0.4, -0.2) is 19.9 Å². The number of benzene rings is 9. The Labute approximate surface area is 348 Å². The molecule has 11 aromatic rings. The van der Waals surface area contributed by atoms with Crippen LogP contribution in [0.4, 0.5) is 0 Å². The molecule has 4 nitrogen and oxygen atoms in total. The van der Waals surface area contributed by atoms with Crippen molar-refractivity contribution >= 4 is 32.4 Å². The van der Waals surface area contributed by atoms with Crippen LogP contribution in [0.3, 0.4) is 0 Å². The van der Waals surface area contributed by atoms with Crippen molar-refractivity contribution in [2.24, 2.45) is 0 Å². The SMILES string of the molecule is c1ccc(-c2ccc(-c3nc(-c4ccc(-c5ccccc5)cc4)nc(-c4ccc(-c5ccc(-c6nc7cc8ccccc8cc7c7ccccc67)cc5)cc4)n3)cc2)cc1. The molecule has 0 spiro atoms. The van der Waals surface area contributed by atoms with Gasteiger partial charge in [-0.2, -0.15) is 0 Å². The van der Waals surface area contributed by atoms with Crippen molar-refractivity contribution in [3.8, 4) is 78.8 Å². The number of fused-ring (bicyclic) bond motifs is 4. The van der Waals surface area contributed by atoms with E-state index in [1.807, 2.05) is 12.1 Å². The van der Waals surface area contributed by atoms with E-state index in [0.717, 1.165) is 61.1 Å². The van der Waals surface area contributed by atoms with Crippen LogP contribution in [0.1, 0.15) is 0 Å². The van der Waals surface area contributed by atoms with Gasteiger partial charge >= 0.3 is 0 Å². The highest BCUT2D eigenvalue weighted by Crippen LogP contribution is 2.36. The smallest absolute Gasteiger partial charge is 0.164 e. The van der Waals surface area contributed by atoms with Gasteiger partial charge in [-0.15, -0.1) is 0 Å². The van der Waals surface area contributed by atoms with Crippen LogP contribution in [0.15, 0.2) is 218 Å². The first-order chi connectivity index (χ1) is 29.7. The van der Waals surface area contributed by atoms with Gasteiger partial charge in [-0.25, -0.2) is 19.9 Å². The van der Waals surface area contributed by atoms with Crippen molar-refractivity contribution in [3.63, 3.8) is 0 Å². The van der Waals surface area contributed by atoms with E-state index in [1.165, 1.54) is 32.7 Å². The van der Waals surface area contributed by atoms with E-state index in [9.17, 15) is 0 Å². The first-order valence-electron chi connectivity index (χ1n) is 20.2. The zero-order valence-electron chi connectivity index (χ0n) is 32.6. The molecule has 0 aliphatic rings. The zero-order chi connectivity index (χ0) is 39.8. The Balaban J connectivity index is 0.929. The third-order valence-electron chi connectivity index (χ3n) is 11.3. The van der Waals surface area contributed by atoms with Gasteiger partial charge in [0.1, 0.15) is 0 Å². The predicted octanol–water partition coefficient (Wildman–Crippen LogP) is 14.4. The Kier molecular flexibility index (Phi) is 8.79. The van der Waals surface area contributed by atoms with Gasteiger partial charge < -0.3 is 0 Å². The Morgan fingerprint density at radius 2 is 0.550 bits per heavy atom. The number of nitrogens with zero attached hydrogens (tertiary/aromatic N) is 4. The maximum atomic E-state index is 5.25. The average Bonchev–Trinajstić information content (AvgIpc) is 3.34. The fourth-order valence-corrected chi connectivity index (χ4v) is 8.14. The summed E-state index contributed by atoms with van der Waals surface area (Å²) in [5.74, 6) is 1.88. The molecule has 0 saturated carbocycles. The van der Waals surface area contributed by atoms with Gasteiger partial charge in [0.2, 0.25) is 0 Å². The summed E-state index contributed by atoms with van der Waals surface area (Å²) in [6.45, 7) is 0. The van der Waals surface area contributed by atoms with E-state index < -0.39 is 0 Å². The molecule has 0 atom stereocenters. The number of aromatic nitrogens is 4. The summed E-state index contributed by atoms with van der Waals surface area (Å²) in [7, 11) is 0. The van der Waals surface area contributed by atoms with Gasteiger partial charge in [0.25, 0.3) is 0 Å². The molecule has 0 amide bonds. The lowest BCUT2D eigenvalue weighted by atomic mass is 9.96. The van der Waals surface area contributed by atoms with E-state index >= 15 is 0 Å². The van der Waals surface area contributed by atoms with Gasteiger partial charge in [0, 0.05) is 33.0 Å². The minimum absolute atomic E-state index is 0.623. The average molecular weight is 765 g/mol. The van der Waals surface area contributed by atoms with Crippen LogP contribution in [0.5, 0.6) is 0 Å². The highest BCUT2D eigenvalue weighted by Gasteiger charge is 2.15. The fraction of sp³-hybridized carbons (Fsp3) is 0. The molecular weight excluding hydrogens is 729 g/mol.